The number of nitrogens with zero attached hydrogens (tertiary/aromatic N) is 4. The Morgan fingerprint density at radius 3 is 3.10 bits per heavy atom. The van der Waals surface area contributed by atoms with Crippen LogP contribution in [0.1, 0.15) is 15.4 Å². The van der Waals surface area contributed by atoms with Gasteiger partial charge in [-0.2, -0.15) is 0 Å². The summed E-state index contributed by atoms with van der Waals surface area (Å²) in [6, 6.07) is -0.00528. The van der Waals surface area contributed by atoms with Crippen LogP contribution in [0.25, 0.3) is 0 Å². The molecule has 1 atom stereocenters. The lowest BCUT2D eigenvalue weighted by molar-refractivity contribution is -0.0107. The van der Waals surface area contributed by atoms with Gasteiger partial charge in [0, 0.05) is 19.6 Å². The number of aliphatic hydroxyl groups is 1. The summed E-state index contributed by atoms with van der Waals surface area (Å²) in [5.74, 6) is -0.0248. The first-order valence-electron chi connectivity index (χ1n) is 6.60. The molecule has 1 saturated heterocycles. The van der Waals surface area contributed by atoms with Crippen molar-refractivity contribution in [2.75, 3.05) is 46.5 Å². The molecule has 0 aliphatic carbocycles. The largest absolute Gasteiger partial charge is 0.395 e. The number of aromatic nitrogens is 2. The quantitative estimate of drug-likeness (QED) is 0.798. The minimum atomic E-state index is -0.0248. The maximum absolute atomic E-state index is 12.6. The summed E-state index contributed by atoms with van der Waals surface area (Å²) in [4.78, 5) is 17.0. The van der Waals surface area contributed by atoms with E-state index in [2.05, 4.69) is 9.59 Å². The van der Waals surface area contributed by atoms with Crippen molar-refractivity contribution in [3.63, 3.8) is 0 Å². The van der Waals surface area contributed by atoms with Crippen LogP contribution in [0.3, 0.4) is 0 Å². The average molecular weight is 300 g/mol. The molecule has 20 heavy (non-hydrogen) atoms. The number of ether oxygens (including phenoxy) is 1. The predicted molar refractivity (Wildman–Crippen MR) is 74.9 cm³/mol. The van der Waals surface area contributed by atoms with Crippen molar-refractivity contribution in [2.45, 2.75) is 13.0 Å². The number of carbonyl (C=O) groups is 1. The number of rotatable bonds is 5. The lowest BCUT2D eigenvalue weighted by atomic mass is 10.2. The Morgan fingerprint density at radius 1 is 1.65 bits per heavy atom. The number of hydrogen-bond acceptors (Lipinski definition) is 7. The van der Waals surface area contributed by atoms with Crippen molar-refractivity contribution in [2.24, 2.45) is 0 Å². The maximum Gasteiger partial charge on any atom is 0.267 e. The number of aliphatic hydroxyl groups excluding tert-OH is 1. The van der Waals surface area contributed by atoms with Crippen molar-refractivity contribution < 1.29 is 14.6 Å². The molecule has 0 aromatic carbocycles. The lowest BCUT2D eigenvalue weighted by Crippen LogP contribution is -2.53. The average Bonchev–Trinajstić information content (AvgIpc) is 2.85. The Hall–Kier alpha value is -1.09. The van der Waals surface area contributed by atoms with Crippen LogP contribution < -0.4 is 0 Å². The van der Waals surface area contributed by atoms with Crippen LogP contribution in [0.4, 0.5) is 0 Å². The van der Waals surface area contributed by atoms with Crippen molar-refractivity contribution in [3.8, 4) is 0 Å². The Labute approximate surface area is 122 Å². The Balaban J connectivity index is 2.06. The minimum Gasteiger partial charge on any atom is -0.395 e. The molecular formula is C12H20N4O3S. The molecule has 1 amide bonds. The third kappa shape index (κ3) is 3.51. The smallest absolute Gasteiger partial charge is 0.267 e. The summed E-state index contributed by atoms with van der Waals surface area (Å²) in [6.45, 7) is 4.81. The molecule has 1 aromatic rings. The van der Waals surface area contributed by atoms with E-state index in [-0.39, 0.29) is 18.6 Å². The van der Waals surface area contributed by atoms with Crippen molar-refractivity contribution in [3.05, 3.63) is 10.6 Å². The highest BCUT2D eigenvalue weighted by Gasteiger charge is 2.30. The van der Waals surface area contributed by atoms with Gasteiger partial charge in [0.2, 0.25) is 0 Å². The van der Waals surface area contributed by atoms with Gasteiger partial charge in [0.25, 0.3) is 5.91 Å². The summed E-state index contributed by atoms with van der Waals surface area (Å²) >= 11 is 1.14. The Morgan fingerprint density at radius 2 is 2.45 bits per heavy atom. The first kappa shape index (κ1) is 15.3. The van der Waals surface area contributed by atoms with E-state index in [0.29, 0.717) is 43.4 Å². The van der Waals surface area contributed by atoms with Gasteiger partial charge in [-0.15, -0.1) is 5.10 Å². The van der Waals surface area contributed by atoms with Gasteiger partial charge >= 0.3 is 0 Å². The van der Waals surface area contributed by atoms with E-state index >= 15 is 0 Å². The van der Waals surface area contributed by atoms with Crippen molar-refractivity contribution in [1.82, 2.24) is 19.4 Å². The fraction of sp³-hybridized carbons (Fsp3) is 0.750. The molecule has 112 valence electrons. The lowest BCUT2D eigenvalue weighted by Gasteiger charge is -2.37. The van der Waals surface area contributed by atoms with Gasteiger partial charge in [-0.05, 0) is 25.5 Å². The number of aryl methyl sites for hydroxylation is 1. The second-order valence-electron chi connectivity index (χ2n) is 4.90. The van der Waals surface area contributed by atoms with Gasteiger partial charge in [-0.25, -0.2) is 0 Å². The predicted octanol–water partition coefficient (Wildman–Crippen LogP) is -0.388. The molecule has 2 rings (SSSR count). The number of likely N-dealkylation sites (N-methyl/N-ethyl adjacent to an activating group) is 1. The normalized spacial score (nSPS) is 19.6. The summed E-state index contributed by atoms with van der Waals surface area (Å²) in [6.07, 6.45) is 0. The first-order chi connectivity index (χ1) is 9.63. The molecule has 8 heteroatoms. The van der Waals surface area contributed by atoms with Gasteiger partial charge in [-0.1, -0.05) is 4.49 Å². The van der Waals surface area contributed by atoms with E-state index in [1.54, 1.807) is 6.92 Å². The van der Waals surface area contributed by atoms with Gasteiger partial charge < -0.3 is 19.6 Å². The van der Waals surface area contributed by atoms with Gasteiger partial charge in [0.15, 0.2) is 0 Å². The van der Waals surface area contributed by atoms with E-state index in [1.807, 2.05) is 16.8 Å². The second kappa shape index (κ2) is 7.07. The first-order valence-corrected chi connectivity index (χ1v) is 7.38. The van der Waals surface area contributed by atoms with E-state index in [1.165, 1.54) is 0 Å². The third-order valence-corrected chi connectivity index (χ3v) is 4.15. The highest BCUT2D eigenvalue weighted by molar-refractivity contribution is 7.07. The number of amides is 1. The zero-order chi connectivity index (χ0) is 14.5. The summed E-state index contributed by atoms with van der Waals surface area (Å²) < 4.78 is 9.30. The van der Waals surface area contributed by atoms with Gasteiger partial charge in [0.1, 0.15) is 4.88 Å². The molecule has 1 fully saturated rings. The molecule has 0 spiro atoms. The number of carbonyl (C=O) groups excluding carboxylic acids is 1. The van der Waals surface area contributed by atoms with Crippen LogP contribution in [-0.4, -0.2) is 82.9 Å². The third-order valence-electron chi connectivity index (χ3n) is 3.34. The van der Waals surface area contributed by atoms with Crippen LogP contribution >= 0.6 is 11.5 Å². The van der Waals surface area contributed by atoms with Crippen molar-refractivity contribution >= 4 is 17.4 Å². The number of morpholine rings is 1. The molecule has 0 bridgehead atoms. The second-order valence-corrected chi connectivity index (χ2v) is 5.65. The van der Waals surface area contributed by atoms with E-state index in [4.69, 9.17) is 9.84 Å². The SMILES string of the molecule is Cc1nnsc1C(=O)N1CCOC[C@@H]1CN(C)CCO. The van der Waals surface area contributed by atoms with Crippen molar-refractivity contribution in [1.29, 1.82) is 0 Å². The molecule has 0 radical (unpaired) electrons. The molecule has 1 aliphatic rings. The number of hydrogen-bond donors (Lipinski definition) is 1. The highest BCUT2D eigenvalue weighted by atomic mass is 32.1. The fourth-order valence-corrected chi connectivity index (χ4v) is 2.87. The van der Waals surface area contributed by atoms with E-state index < -0.39 is 0 Å². The molecule has 1 aromatic heterocycles. The standard InChI is InChI=1S/C12H20N4O3S/c1-9-11(20-14-13-9)12(18)16-4-6-19-8-10(16)7-15(2)3-5-17/h10,17H,3-8H2,1-2H3/t10-/m0/s1. The Bertz CT molecular complexity index is 454. The topological polar surface area (TPSA) is 78.8 Å². The zero-order valence-corrected chi connectivity index (χ0v) is 12.6. The van der Waals surface area contributed by atoms with Gasteiger partial charge in [-0.3, -0.25) is 4.79 Å². The summed E-state index contributed by atoms with van der Waals surface area (Å²) in [5.41, 5.74) is 0.675. The van der Waals surface area contributed by atoms with E-state index in [9.17, 15) is 4.79 Å². The summed E-state index contributed by atoms with van der Waals surface area (Å²) in [5, 5.41) is 12.9. The Kier molecular flexibility index (Phi) is 5.41. The van der Waals surface area contributed by atoms with Gasteiger partial charge in [0.05, 0.1) is 31.6 Å². The maximum atomic E-state index is 12.6. The van der Waals surface area contributed by atoms with E-state index in [0.717, 1.165) is 11.5 Å². The van der Waals surface area contributed by atoms with Crippen LogP contribution in [-0.2, 0) is 4.74 Å². The molecule has 0 saturated carbocycles. The minimum absolute atomic E-state index is 0.00528. The molecular weight excluding hydrogens is 280 g/mol. The van der Waals surface area contributed by atoms with Crippen LogP contribution in [0.15, 0.2) is 0 Å². The molecule has 2 heterocycles. The monoisotopic (exact) mass is 300 g/mol. The van der Waals surface area contributed by atoms with Crippen LogP contribution in [0.2, 0.25) is 0 Å². The molecule has 1 aliphatic heterocycles. The molecule has 7 nitrogen and oxygen atoms in total. The molecule has 0 unspecified atom stereocenters. The summed E-state index contributed by atoms with van der Waals surface area (Å²) in [7, 11) is 1.92. The van der Waals surface area contributed by atoms with Crippen LogP contribution in [0, 0.1) is 6.92 Å². The van der Waals surface area contributed by atoms with Crippen LogP contribution in [0.5, 0.6) is 0 Å². The zero-order valence-electron chi connectivity index (χ0n) is 11.8. The fourth-order valence-electron chi connectivity index (χ4n) is 2.25. The highest BCUT2D eigenvalue weighted by Crippen LogP contribution is 2.17. The molecule has 1 N–H and O–H groups in total.